The Morgan fingerprint density at radius 1 is 1.22 bits per heavy atom. The lowest BCUT2D eigenvalue weighted by molar-refractivity contribution is 0.102. The minimum absolute atomic E-state index is 0.0882. The number of benzene rings is 2. The van der Waals surface area contributed by atoms with Crippen LogP contribution in [0.25, 0.3) is 0 Å². The first-order valence-electron chi connectivity index (χ1n) is 5.40. The summed E-state index contributed by atoms with van der Waals surface area (Å²) in [6, 6.07) is 13.3. The fourth-order valence-corrected chi connectivity index (χ4v) is 2.31. The van der Waals surface area contributed by atoms with Gasteiger partial charge in [0.05, 0.1) is 5.69 Å². The number of hydrogen-bond acceptors (Lipinski definition) is 1. The normalized spacial score (nSPS) is 10.2. The maximum absolute atomic E-state index is 12.1. The van der Waals surface area contributed by atoms with E-state index in [2.05, 4.69) is 43.8 Å². The SMILES string of the molecule is Cc1cc(C(=O)Nc2ccccc2I)ccc1Br. The van der Waals surface area contributed by atoms with Crippen molar-refractivity contribution >= 4 is 50.1 Å². The fraction of sp³-hybridized carbons (Fsp3) is 0.0714. The molecule has 0 aliphatic heterocycles. The van der Waals surface area contributed by atoms with Crippen LogP contribution in [0.2, 0.25) is 0 Å². The molecule has 0 spiro atoms. The Morgan fingerprint density at radius 3 is 2.61 bits per heavy atom. The summed E-state index contributed by atoms with van der Waals surface area (Å²) in [6.45, 7) is 1.97. The molecule has 2 rings (SSSR count). The number of rotatable bonds is 2. The molecule has 0 bridgehead atoms. The Balaban J connectivity index is 2.22. The van der Waals surface area contributed by atoms with Gasteiger partial charge in [-0.3, -0.25) is 4.79 Å². The summed E-state index contributed by atoms with van der Waals surface area (Å²) in [5, 5.41) is 2.91. The average Bonchev–Trinajstić information content (AvgIpc) is 2.35. The zero-order chi connectivity index (χ0) is 13.1. The van der Waals surface area contributed by atoms with Gasteiger partial charge in [0.25, 0.3) is 5.91 Å². The number of para-hydroxylation sites is 1. The van der Waals surface area contributed by atoms with Crippen molar-refractivity contribution in [2.75, 3.05) is 5.32 Å². The second-order valence-electron chi connectivity index (χ2n) is 3.90. The van der Waals surface area contributed by atoms with Gasteiger partial charge in [-0.05, 0) is 65.4 Å². The molecule has 2 aromatic carbocycles. The molecule has 0 unspecified atom stereocenters. The van der Waals surface area contributed by atoms with Crippen LogP contribution in [-0.2, 0) is 0 Å². The third-order valence-corrected chi connectivity index (χ3v) is 4.37. The Labute approximate surface area is 128 Å². The van der Waals surface area contributed by atoms with E-state index in [0.29, 0.717) is 5.56 Å². The molecular weight excluding hydrogens is 405 g/mol. The Morgan fingerprint density at radius 2 is 1.94 bits per heavy atom. The van der Waals surface area contributed by atoms with E-state index in [-0.39, 0.29) is 5.91 Å². The maximum atomic E-state index is 12.1. The van der Waals surface area contributed by atoms with E-state index in [4.69, 9.17) is 0 Å². The molecule has 0 fully saturated rings. The van der Waals surface area contributed by atoms with Crippen molar-refractivity contribution in [2.45, 2.75) is 6.92 Å². The lowest BCUT2D eigenvalue weighted by Gasteiger charge is -2.08. The lowest BCUT2D eigenvalue weighted by atomic mass is 10.1. The van der Waals surface area contributed by atoms with Gasteiger partial charge in [0.1, 0.15) is 0 Å². The summed E-state index contributed by atoms with van der Waals surface area (Å²) in [5.74, 6) is -0.0882. The number of aryl methyl sites for hydroxylation is 1. The van der Waals surface area contributed by atoms with Gasteiger partial charge in [0, 0.05) is 13.6 Å². The van der Waals surface area contributed by atoms with Gasteiger partial charge in [-0.15, -0.1) is 0 Å². The van der Waals surface area contributed by atoms with Crippen molar-refractivity contribution in [3.8, 4) is 0 Å². The predicted molar refractivity (Wildman–Crippen MR) is 86.0 cm³/mol. The Hall–Kier alpha value is -0.880. The Kier molecular flexibility index (Phi) is 4.40. The largest absolute Gasteiger partial charge is 0.321 e. The summed E-state index contributed by atoms with van der Waals surface area (Å²) in [7, 11) is 0. The van der Waals surface area contributed by atoms with Crippen molar-refractivity contribution in [3.63, 3.8) is 0 Å². The zero-order valence-corrected chi connectivity index (χ0v) is 13.4. The van der Waals surface area contributed by atoms with Crippen LogP contribution in [0.3, 0.4) is 0 Å². The number of carbonyl (C=O) groups excluding carboxylic acids is 1. The highest BCUT2D eigenvalue weighted by Crippen LogP contribution is 2.20. The molecule has 2 nitrogen and oxygen atoms in total. The first-order valence-corrected chi connectivity index (χ1v) is 7.27. The molecule has 0 saturated carbocycles. The van der Waals surface area contributed by atoms with Crippen LogP contribution in [0.4, 0.5) is 5.69 Å². The van der Waals surface area contributed by atoms with Crippen LogP contribution < -0.4 is 5.32 Å². The van der Waals surface area contributed by atoms with Gasteiger partial charge in [0.15, 0.2) is 0 Å². The summed E-state index contributed by atoms with van der Waals surface area (Å²) >= 11 is 5.63. The fourth-order valence-electron chi connectivity index (χ4n) is 1.54. The average molecular weight is 416 g/mol. The molecule has 0 atom stereocenters. The number of carbonyl (C=O) groups is 1. The molecule has 1 N–H and O–H groups in total. The van der Waals surface area contributed by atoms with Crippen LogP contribution >= 0.6 is 38.5 Å². The highest BCUT2D eigenvalue weighted by molar-refractivity contribution is 14.1. The van der Waals surface area contributed by atoms with Crippen LogP contribution in [-0.4, -0.2) is 5.91 Å². The second-order valence-corrected chi connectivity index (χ2v) is 5.91. The topological polar surface area (TPSA) is 29.1 Å². The highest BCUT2D eigenvalue weighted by Gasteiger charge is 2.08. The summed E-state index contributed by atoms with van der Waals surface area (Å²) < 4.78 is 2.03. The number of amides is 1. The molecule has 0 aliphatic rings. The van der Waals surface area contributed by atoms with E-state index in [1.807, 2.05) is 49.4 Å². The van der Waals surface area contributed by atoms with E-state index in [1.165, 1.54) is 0 Å². The van der Waals surface area contributed by atoms with Crippen molar-refractivity contribution in [3.05, 3.63) is 61.6 Å². The molecular formula is C14H11BrINO. The third kappa shape index (κ3) is 3.11. The van der Waals surface area contributed by atoms with Gasteiger partial charge in [-0.25, -0.2) is 0 Å². The molecule has 2 aromatic rings. The molecule has 0 aromatic heterocycles. The van der Waals surface area contributed by atoms with Crippen molar-refractivity contribution < 1.29 is 4.79 Å². The number of halogens is 2. The second kappa shape index (κ2) is 5.84. The van der Waals surface area contributed by atoms with Crippen LogP contribution in [0, 0.1) is 10.5 Å². The Bertz CT molecular complexity index is 598. The molecule has 92 valence electrons. The molecule has 1 amide bonds. The van der Waals surface area contributed by atoms with Crippen LogP contribution in [0.1, 0.15) is 15.9 Å². The van der Waals surface area contributed by atoms with Crippen LogP contribution in [0.5, 0.6) is 0 Å². The molecule has 4 heteroatoms. The standard InChI is InChI=1S/C14H11BrINO/c1-9-8-10(6-7-11(9)15)14(18)17-13-5-3-2-4-12(13)16/h2-8H,1H3,(H,17,18). The van der Waals surface area contributed by atoms with Gasteiger partial charge >= 0.3 is 0 Å². The van der Waals surface area contributed by atoms with Crippen LogP contribution in [0.15, 0.2) is 46.9 Å². The van der Waals surface area contributed by atoms with E-state index in [9.17, 15) is 4.79 Å². The summed E-state index contributed by atoms with van der Waals surface area (Å²) in [4.78, 5) is 12.1. The first kappa shape index (κ1) is 13.5. The highest BCUT2D eigenvalue weighted by atomic mass is 127. The van der Waals surface area contributed by atoms with E-state index >= 15 is 0 Å². The number of nitrogens with one attached hydrogen (secondary N) is 1. The predicted octanol–water partition coefficient (Wildman–Crippen LogP) is 4.61. The monoisotopic (exact) mass is 415 g/mol. The van der Waals surface area contributed by atoms with Gasteiger partial charge in [-0.1, -0.05) is 28.1 Å². The zero-order valence-electron chi connectivity index (χ0n) is 9.71. The third-order valence-electron chi connectivity index (χ3n) is 2.54. The molecule has 0 aliphatic carbocycles. The van der Waals surface area contributed by atoms with E-state index in [0.717, 1.165) is 19.3 Å². The van der Waals surface area contributed by atoms with Gasteiger partial charge in [0.2, 0.25) is 0 Å². The van der Waals surface area contributed by atoms with E-state index < -0.39 is 0 Å². The quantitative estimate of drug-likeness (QED) is 0.712. The summed E-state index contributed by atoms with van der Waals surface area (Å²) in [5.41, 5.74) is 2.55. The first-order chi connectivity index (χ1) is 8.58. The minimum atomic E-state index is -0.0882. The van der Waals surface area contributed by atoms with Gasteiger partial charge < -0.3 is 5.32 Å². The molecule has 0 heterocycles. The maximum Gasteiger partial charge on any atom is 0.255 e. The number of anilines is 1. The van der Waals surface area contributed by atoms with Gasteiger partial charge in [-0.2, -0.15) is 0 Å². The molecule has 0 saturated heterocycles. The molecule has 0 radical (unpaired) electrons. The number of hydrogen-bond donors (Lipinski definition) is 1. The smallest absolute Gasteiger partial charge is 0.255 e. The summed E-state index contributed by atoms with van der Waals surface area (Å²) in [6.07, 6.45) is 0. The van der Waals surface area contributed by atoms with Crippen molar-refractivity contribution in [2.24, 2.45) is 0 Å². The molecule has 18 heavy (non-hydrogen) atoms. The minimum Gasteiger partial charge on any atom is -0.321 e. The lowest BCUT2D eigenvalue weighted by Crippen LogP contribution is -2.12. The van der Waals surface area contributed by atoms with E-state index in [1.54, 1.807) is 0 Å². The van der Waals surface area contributed by atoms with Crippen molar-refractivity contribution in [1.29, 1.82) is 0 Å². The van der Waals surface area contributed by atoms with Crippen molar-refractivity contribution in [1.82, 2.24) is 0 Å².